The molecule has 2 aromatic rings. The number of rotatable bonds is 6. The van der Waals surface area contributed by atoms with Gasteiger partial charge in [0.1, 0.15) is 23.4 Å². The van der Waals surface area contributed by atoms with E-state index in [1.165, 1.54) is 6.20 Å². The fraction of sp³-hybridized carbons (Fsp3) is 0.500. The Morgan fingerprint density at radius 3 is 2.92 bits per heavy atom. The second kappa shape index (κ2) is 10.8. The molecule has 5 rings (SSSR count). The molecule has 0 saturated carbocycles. The first-order valence-electron chi connectivity index (χ1n) is 12.6. The lowest BCUT2D eigenvalue weighted by molar-refractivity contribution is -0.00448. The maximum atomic E-state index is 13.3. The van der Waals surface area contributed by atoms with Crippen LogP contribution in [0.4, 0.5) is 22.1 Å². The summed E-state index contributed by atoms with van der Waals surface area (Å²) < 4.78 is 10.9. The highest BCUT2D eigenvalue weighted by Crippen LogP contribution is 2.30. The summed E-state index contributed by atoms with van der Waals surface area (Å²) in [5, 5.41) is 12.4. The summed E-state index contributed by atoms with van der Waals surface area (Å²) >= 11 is 0. The van der Waals surface area contributed by atoms with E-state index in [1.807, 2.05) is 11.0 Å². The van der Waals surface area contributed by atoms with Crippen molar-refractivity contribution in [2.45, 2.75) is 38.5 Å². The number of aldehydes is 1. The molecular formula is C26H31N7O4. The minimum Gasteiger partial charge on any atom is -0.379 e. The molecule has 0 aromatic carbocycles. The number of hydrogen-bond donors (Lipinski definition) is 1. The highest BCUT2D eigenvalue weighted by atomic mass is 16.5. The smallest absolute Gasteiger partial charge is 0.328 e. The number of methoxy groups -OCH3 is 1. The first kappa shape index (κ1) is 25.1. The van der Waals surface area contributed by atoms with Crippen LogP contribution in [0.2, 0.25) is 0 Å². The molecular weight excluding hydrogens is 474 g/mol. The third-order valence-corrected chi connectivity index (χ3v) is 7.27. The van der Waals surface area contributed by atoms with Gasteiger partial charge in [-0.1, -0.05) is 0 Å². The Kier molecular flexibility index (Phi) is 7.32. The van der Waals surface area contributed by atoms with Gasteiger partial charge in [-0.05, 0) is 37.0 Å². The summed E-state index contributed by atoms with van der Waals surface area (Å²) in [6.07, 6.45) is 3.92. The van der Waals surface area contributed by atoms with E-state index in [9.17, 15) is 14.9 Å². The number of amides is 2. The van der Waals surface area contributed by atoms with E-state index in [1.54, 1.807) is 18.1 Å². The minimum atomic E-state index is -0.374. The quantitative estimate of drug-likeness (QED) is 0.588. The summed E-state index contributed by atoms with van der Waals surface area (Å²) in [4.78, 5) is 40.1. The Hall–Kier alpha value is -3.59. The molecule has 194 valence electrons. The van der Waals surface area contributed by atoms with Gasteiger partial charge < -0.3 is 14.4 Å². The second-order valence-corrected chi connectivity index (χ2v) is 9.67. The number of anilines is 3. The molecule has 0 aliphatic carbocycles. The largest absolute Gasteiger partial charge is 0.379 e. The highest BCUT2D eigenvalue weighted by molar-refractivity contribution is 6.02. The van der Waals surface area contributed by atoms with E-state index < -0.39 is 0 Å². The number of carbonyl (C=O) groups is 2. The predicted molar refractivity (Wildman–Crippen MR) is 137 cm³/mol. The first-order chi connectivity index (χ1) is 18.0. The van der Waals surface area contributed by atoms with Crippen molar-refractivity contribution in [1.29, 1.82) is 5.26 Å². The molecule has 1 unspecified atom stereocenters. The highest BCUT2D eigenvalue weighted by Gasteiger charge is 2.30. The van der Waals surface area contributed by atoms with Crippen LogP contribution in [-0.4, -0.2) is 85.8 Å². The average Bonchev–Trinajstić information content (AvgIpc) is 2.88. The van der Waals surface area contributed by atoms with Crippen LogP contribution in [0.3, 0.4) is 0 Å². The molecule has 0 radical (unpaired) electrons. The normalized spacial score (nSPS) is 20.1. The summed E-state index contributed by atoms with van der Waals surface area (Å²) in [7, 11) is 1.66. The number of nitrogens with zero attached hydrogens (tertiary/aromatic N) is 6. The van der Waals surface area contributed by atoms with Crippen LogP contribution in [0.15, 0.2) is 18.3 Å². The third kappa shape index (κ3) is 5.13. The zero-order valence-electron chi connectivity index (χ0n) is 21.1. The topological polar surface area (TPSA) is 124 Å². The molecule has 2 saturated heterocycles. The van der Waals surface area contributed by atoms with Gasteiger partial charge >= 0.3 is 6.03 Å². The Morgan fingerprint density at radius 1 is 1.35 bits per heavy atom. The molecule has 1 N–H and O–H groups in total. The van der Waals surface area contributed by atoms with Crippen molar-refractivity contribution < 1.29 is 19.1 Å². The molecule has 11 heteroatoms. The minimum absolute atomic E-state index is 0.122. The number of nitriles is 1. The van der Waals surface area contributed by atoms with Gasteiger partial charge in [-0.3, -0.25) is 19.9 Å². The van der Waals surface area contributed by atoms with Crippen LogP contribution in [0.25, 0.3) is 0 Å². The van der Waals surface area contributed by atoms with Gasteiger partial charge in [0, 0.05) is 58.1 Å². The van der Waals surface area contributed by atoms with Gasteiger partial charge in [-0.2, -0.15) is 5.26 Å². The van der Waals surface area contributed by atoms with Crippen LogP contribution in [0, 0.1) is 11.3 Å². The van der Waals surface area contributed by atoms with Crippen molar-refractivity contribution >= 4 is 29.6 Å². The number of urea groups is 1. The molecule has 3 aliphatic rings. The predicted octanol–water partition coefficient (Wildman–Crippen LogP) is 2.20. The molecule has 5 heterocycles. The summed E-state index contributed by atoms with van der Waals surface area (Å²) in [5.41, 5.74) is 3.31. The van der Waals surface area contributed by atoms with Crippen LogP contribution in [-0.2, 0) is 22.4 Å². The van der Waals surface area contributed by atoms with Crippen molar-refractivity contribution in [2.24, 2.45) is 0 Å². The van der Waals surface area contributed by atoms with E-state index in [-0.39, 0.29) is 18.2 Å². The number of aromatic nitrogens is 2. The number of fused-ring (bicyclic) bond motifs is 1. The number of ether oxygens (including phenoxy) is 2. The fourth-order valence-electron chi connectivity index (χ4n) is 5.02. The monoisotopic (exact) mass is 505 g/mol. The Bertz CT molecular complexity index is 1220. The molecule has 3 aliphatic heterocycles. The molecule has 2 fully saturated rings. The van der Waals surface area contributed by atoms with Crippen LogP contribution >= 0.6 is 0 Å². The molecule has 0 bridgehead atoms. The van der Waals surface area contributed by atoms with Crippen LogP contribution < -0.4 is 15.1 Å². The van der Waals surface area contributed by atoms with Crippen molar-refractivity contribution in [3.8, 4) is 6.07 Å². The number of morpholine rings is 1. The van der Waals surface area contributed by atoms with Crippen LogP contribution in [0.5, 0.6) is 0 Å². The van der Waals surface area contributed by atoms with Gasteiger partial charge in [0.25, 0.3) is 0 Å². The molecule has 0 spiro atoms. The maximum Gasteiger partial charge on any atom is 0.328 e. The van der Waals surface area contributed by atoms with Crippen molar-refractivity contribution in [3.63, 3.8) is 0 Å². The third-order valence-electron chi connectivity index (χ3n) is 7.27. The zero-order valence-corrected chi connectivity index (χ0v) is 21.1. The molecule has 2 amide bonds. The maximum absolute atomic E-state index is 13.3. The van der Waals surface area contributed by atoms with E-state index in [0.717, 1.165) is 36.8 Å². The summed E-state index contributed by atoms with van der Waals surface area (Å²) in [6, 6.07) is 5.77. The first-order valence-corrected chi connectivity index (χ1v) is 12.6. The number of pyridine rings is 2. The van der Waals surface area contributed by atoms with Crippen molar-refractivity contribution in [3.05, 3.63) is 40.7 Å². The Labute approximate surface area is 216 Å². The summed E-state index contributed by atoms with van der Waals surface area (Å²) in [6.45, 7) is 6.68. The van der Waals surface area contributed by atoms with Crippen molar-refractivity contribution in [2.75, 3.05) is 61.6 Å². The van der Waals surface area contributed by atoms with Crippen molar-refractivity contribution in [1.82, 2.24) is 14.9 Å². The van der Waals surface area contributed by atoms with Gasteiger partial charge in [0.05, 0.1) is 30.6 Å². The standard InChI is InChI=1S/C26H31N7O4/c1-17-16-37-7-6-31(17)12-19-8-18-4-3-5-33(25(18)29-22(19)15-34)26(35)30-24-9-23(20(10-27)11-28-24)32-13-21(14-32)36-2/h8-9,11,15,17,21H,3-7,12-14,16H2,1-2H3,(H,28,30,35). The molecule has 2 aromatic heterocycles. The zero-order chi connectivity index (χ0) is 25.9. The lowest BCUT2D eigenvalue weighted by Crippen LogP contribution is -2.52. The number of nitrogens with one attached hydrogen (secondary N) is 1. The Morgan fingerprint density at radius 2 is 2.19 bits per heavy atom. The summed E-state index contributed by atoms with van der Waals surface area (Å²) in [5.74, 6) is 0.852. The SMILES string of the molecule is COC1CN(c2cc(NC(=O)N3CCCc4cc(CN5CCOCC5C)c(C=O)nc43)ncc2C#N)C1. The lowest BCUT2D eigenvalue weighted by Gasteiger charge is -2.40. The average molecular weight is 506 g/mol. The Balaban J connectivity index is 1.35. The molecule has 37 heavy (non-hydrogen) atoms. The number of carbonyl (C=O) groups excluding carboxylic acids is 2. The van der Waals surface area contributed by atoms with Gasteiger partial charge in [-0.15, -0.1) is 0 Å². The van der Waals surface area contributed by atoms with Gasteiger partial charge in [-0.25, -0.2) is 14.8 Å². The van der Waals surface area contributed by atoms with E-state index >= 15 is 0 Å². The van der Waals surface area contributed by atoms with E-state index in [2.05, 4.69) is 33.2 Å². The van der Waals surface area contributed by atoms with Gasteiger partial charge in [0.15, 0.2) is 6.29 Å². The second-order valence-electron chi connectivity index (χ2n) is 9.67. The van der Waals surface area contributed by atoms with Gasteiger partial charge in [0.2, 0.25) is 0 Å². The van der Waals surface area contributed by atoms with Crippen LogP contribution in [0.1, 0.15) is 40.5 Å². The number of aryl methyl sites for hydroxylation is 1. The molecule has 11 nitrogen and oxygen atoms in total. The lowest BCUT2D eigenvalue weighted by atomic mass is 10.0. The van der Waals surface area contributed by atoms with E-state index in [4.69, 9.17) is 9.47 Å². The molecule has 1 atom stereocenters. The fourth-order valence-corrected chi connectivity index (χ4v) is 5.02. The van der Waals surface area contributed by atoms with E-state index in [0.29, 0.717) is 68.0 Å². The number of hydrogen-bond acceptors (Lipinski definition) is 9.